The molecule has 1 atom stereocenters. The fourth-order valence-corrected chi connectivity index (χ4v) is 1.70. The van der Waals surface area contributed by atoms with Gasteiger partial charge in [-0.3, -0.25) is 4.79 Å². The first kappa shape index (κ1) is 12.7. The second-order valence-electron chi connectivity index (χ2n) is 4.41. The van der Waals surface area contributed by atoms with Gasteiger partial charge in [-0.25, -0.2) is 0 Å². The average Bonchev–Trinajstić information content (AvgIpc) is 2.20. The lowest BCUT2D eigenvalue weighted by Gasteiger charge is -2.20. The van der Waals surface area contributed by atoms with Crippen molar-refractivity contribution < 1.29 is 4.79 Å². The highest BCUT2D eigenvalue weighted by Gasteiger charge is 2.14. The molecule has 1 amide bonds. The van der Waals surface area contributed by atoms with E-state index in [0.29, 0.717) is 6.54 Å². The number of benzene rings is 1. The second kappa shape index (κ2) is 5.12. The monoisotopic (exact) mass is 220 g/mol. The van der Waals surface area contributed by atoms with Crippen LogP contribution in [0.3, 0.4) is 0 Å². The highest BCUT2D eigenvalue weighted by Crippen LogP contribution is 2.12. The van der Waals surface area contributed by atoms with E-state index in [4.69, 9.17) is 5.73 Å². The van der Waals surface area contributed by atoms with Gasteiger partial charge in [-0.05, 0) is 31.9 Å². The van der Waals surface area contributed by atoms with Crippen LogP contribution in [0.25, 0.3) is 0 Å². The van der Waals surface area contributed by atoms with Crippen molar-refractivity contribution in [3.8, 4) is 0 Å². The van der Waals surface area contributed by atoms with E-state index >= 15 is 0 Å². The predicted octanol–water partition coefficient (Wildman–Crippen LogP) is 1.61. The standard InChI is InChI=1S/C13H20N2O/c1-9-5-6-12(10(2)7-9)8-15(4)13(16)11(3)14/h5-7,11H,8,14H2,1-4H3/t11-/m0/s1. The summed E-state index contributed by atoms with van der Waals surface area (Å²) in [5.41, 5.74) is 9.18. The number of rotatable bonds is 3. The Hall–Kier alpha value is -1.35. The molecule has 0 unspecified atom stereocenters. The van der Waals surface area contributed by atoms with Crippen LogP contribution in [0, 0.1) is 13.8 Å². The van der Waals surface area contributed by atoms with E-state index in [2.05, 4.69) is 32.0 Å². The lowest BCUT2D eigenvalue weighted by Crippen LogP contribution is -2.39. The average molecular weight is 220 g/mol. The van der Waals surface area contributed by atoms with Gasteiger partial charge in [0.2, 0.25) is 5.91 Å². The Kier molecular flexibility index (Phi) is 4.07. The number of nitrogens with zero attached hydrogens (tertiary/aromatic N) is 1. The molecule has 0 bridgehead atoms. The molecule has 0 fully saturated rings. The van der Waals surface area contributed by atoms with Crippen LogP contribution < -0.4 is 5.73 Å². The third-order valence-corrected chi connectivity index (χ3v) is 2.67. The summed E-state index contributed by atoms with van der Waals surface area (Å²) >= 11 is 0. The molecule has 3 nitrogen and oxygen atoms in total. The number of carbonyl (C=O) groups is 1. The summed E-state index contributed by atoms with van der Waals surface area (Å²) < 4.78 is 0. The molecule has 88 valence electrons. The van der Waals surface area contributed by atoms with Gasteiger partial charge < -0.3 is 10.6 Å². The Bertz CT molecular complexity index is 386. The molecule has 0 radical (unpaired) electrons. The van der Waals surface area contributed by atoms with Crippen LogP contribution in [0.15, 0.2) is 18.2 Å². The summed E-state index contributed by atoms with van der Waals surface area (Å²) in [6.45, 7) is 6.45. The van der Waals surface area contributed by atoms with E-state index in [1.807, 2.05) is 0 Å². The van der Waals surface area contributed by atoms with Crippen molar-refractivity contribution in [3.63, 3.8) is 0 Å². The van der Waals surface area contributed by atoms with Gasteiger partial charge in [0.15, 0.2) is 0 Å². The Morgan fingerprint density at radius 1 is 1.44 bits per heavy atom. The Morgan fingerprint density at radius 2 is 2.06 bits per heavy atom. The summed E-state index contributed by atoms with van der Waals surface area (Å²) in [5.74, 6) is -0.0278. The molecule has 1 aromatic rings. The van der Waals surface area contributed by atoms with E-state index in [1.54, 1.807) is 18.9 Å². The fourth-order valence-electron chi connectivity index (χ4n) is 1.70. The maximum absolute atomic E-state index is 11.6. The van der Waals surface area contributed by atoms with Gasteiger partial charge >= 0.3 is 0 Å². The molecular formula is C13H20N2O. The Balaban J connectivity index is 2.77. The van der Waals surface area contributed by atoms with Crippen molar-refractivity contribution in [2.45, 2.75) is 33.4 Å². The maximum Gasteiger partial charge on any atom is 0.239 e. The van der Waals surface area contributed by atoms with E-state index in [-0.39, 0.29) is 5.91 Å². The smallest absolute Gasteiger partial charge is 0.239 e. The van der Waals surface area contributed by atoms with Crippen LogP contribution in [0.2, 0.25) is 0 Å². The SMILES string of the molecule is Cc1ccc(CN(C)C(=O)[C@H](C)N)c(C)c1. The molecule has 1 aromatic carbocycles. The lowest BCUT2D eigenvalue weighted by atomic mass is 10.1. The number of hydrogen-bond acceptors (Lipinski definition) is 2. The van der Waals surface area contributed by atoms with Gasteiger partial charge in [0, 0.05) is 13.6 Å². The molecule has 1 rings (SSSR count). The minimum absolute atomic E-state index is 0.0278. The van der Waals surface area contributed by atoms with Crippen molar-refractivity contribution in [3.05, 3.63) is 34.9 Å². The first-order valence-electron chi connectivity index (χ1n) is 5.48. The van der Waals surface area contributed by atoms with Crippen LogP contribution in [-0.4, -0.2) is 23.9 Å². The van der Waals surface area contributed by atoms with E-state index in [1.165, 1.54) is 16.7 Å². The van der Waals surface area contributed by atoms with Gasteiger partial charge in [-0.1, -0.05) is 23.8 Å². The van der Waals surface area contributed by atoms with Crippen molar-refractivity contribution in [2.75, 3.05) is 7.05 Å². The molecule has 0 aliphatic rings. The fraction of sp³-hybridized carbons (Fsp3) is 0.462. The van der Waals surface area contributed by atoms with E-state index in [0.717, 1.165) is 0 Å². The van der Waals surface area contributed by atoms with Crippen molar-refractivity contribution in [1.29, 1.82) is 0 Å². The number of hydrogen-bond donors (Lipinski definition) is 1. The Labute approximate surface area is 97.2 Å². The topological polar surface area (TPSA) is 46.3 Å². The van der Waals surface area contributed by atoms with Gasteiger partial charge in [-0.2, -0.15) is 0 Å². The molecule has 0 heterocycles. The lowest BCUT2D eigenvalue weighted by molar-refractivity contribution is -0.131. The normalized spacial score (nSPS) is 12.3. The van der Waals surface area contributed by atoms with Crippen molar-refractivity contribution >= 4 is 5.91 Å². The maximum atomic E-state index is 11.6. The Morgan fingerprint density at radius 3 is 2.56 bits per heavy atom. The number of aryl methyl sites for hydroxylation is 2. The summed E-state index contributed by atoms with van der Waals surface area (Å²) in [7, 11) is 1.78. The molecule has 0 aromatic heterocycles. The first-order valence-corrected chi connectivity index (χ1v) is 5.48. The third-order valence-electron chi connectivity index (χ3n) is 2.67. The quantitative estimate of drug-likeness (QED) is 0.841. The molecule has 0 saturated carbocycles. The molecule has 0 saturated heterocycles. The number of amides is 1. The molecular weight excluding hydrogens is 200 g/mol. The zero-order valence-electron chi connectivity index (χ0n) is 10.4. The van der Waals surface area contributed by atoms with E-state index < -0.39 is 6.04 Å². The third kappa shape index (κ3) is 3.07. The van der Waals surface area contributed by atoms with Crippen LogP contribution >= 0.6 is 0 Å². The van der Waals surface area contributed by atoms with Crippen molar-refractivity contribution in [1.82, 2.24) is 4.90 Å². The first-order chi connectivity index (χ1) is 7.41. The summed E-state index contributed by atoms with van der Waals surface area (Å²) in [6, 6.07) is 5.82. The number of nitrogens with two attached hydrogens (primary N) is 1. The van der Waals surface area contributed by atoms with E-state index in [9.17, 15) is 4.79 Å². The van der Waals surface area contributed by atoms with Gasteiger partial charge in [0.05, 0.1) is 6.04 Å². The zero-order chi connectivity index (χ0) is 12.3. The van der Waals surface area contributed by atoms with Crippen molar-refractivity contribution in [2.24, 2.45) is 5.73 Å². The number of likely N-dealkylation sites (N-methyl/N-ethyl adjacent to an activating group) is 1. The van der Waals surface area contributed by atoms with Gasteiger partial charge in [0.1, 0.15) is 0 Å². The molecule has 0 aliphatic carbocycles. The highest BCUT2D eigenvalue weighted by molar-refractivity contribution is 5.80. The summed E-state index contributed by atoms with van der Waals surface area (Å²) in [4.78, 5) is 13.3. The second-order valence-corrected chi connectivity index (χ2v) is 4.41. The molecule has 3 heteroatoms. The zero-order valence-corrected chi connectivity index (χ0v) is 10.4. The minimum Gasteiger partial charge on any atom is -0.340 e. The largest absolute Gasteiger partial charge is 0.340 e. The summed E-state index contributed by atoms with van der Waals surface area (Å²) in [6.07, 6.45) is 0. The minimum atomic E-state index is -0.434. The van der Waals surface area contributed by atoms with Crippen LogP contribution in [0.4, 0.5) is 0 Å². The predicted molar refractivity (Wildman–Crippen MR) is 66.0 cm³/mol. The van der Waals surface area contributed by atoms with Crippen LogP contribution in [-0.2, 0) is 11.3 Å². The molecule has 0 spiro atoms. The number of carbonyl (C=O) groups excluding carboxylic acids is 1. The van der Waals surface area contributed by atoms with Crippen LogP contribution in [0.5, 0.6) is 0 Å². The molecule has 16 heavy (non-hydrogen) atoms. The van der Waals surface area contributed by atoms with Crippen LogP contribution in [0.1, 0.15) is 23.6 Å². The molecule has 0 aliphatic heterocycles. The van der Waals surface area contributed by atoms with Gasteiger partial charge in [-0.15, -0.1) is 0 Å². The van der Waals surface area contributed by atoms with Gasteiger partial charge in [0.25, 0.3) is 0 Å². The highest BCUT2D eigenvalue weighted by atomic mass is 16.2. The summed E-state index contributed by atoms with van der Waals surface area (Å²) in [5, 5.41) is 0. The molecule has 2 N–H and O–H groups in total.